The molecule has 0 aromatic rings. The molecule has 1 aliphatic carbocycles. The minimum Gasteiger partial charge on any atom is -0.327 e. The van der Waals surface area contributed by atoms with Gasteiger partial charge in [0.05, 0.1) is 0 Å². The van der Waals surface area contributed by atoms with Crippen molar-refractivity contribution in [3.8, 4) is 0 Å². The van der Waals surface area contributed by atoms with Crippen LogP contribution in [0.25, 0.3) is 0 Å². The minimum atomic E-state index is 0.571. The summed E-state index contributed by atoms with van der Waals surface area (Å²) in [5.41, 5.74) is 5.68. The second kappa shape index (κ2) is 3.97. The van der Waals surface area contributed by atoms with Gasteiger partial charge in [0.25, 0.3) is 0 Å². The zero-order chi connectivity index (χ0) is 7.40. The van der Waals surface area contributed by atoms with Gasteiger partial charge in [0.2, 0.25) is 0 Å². The van der Waals surface area contributed by atoms with E-state index in [0.717, 1.165) is 5.92 Å². The van der Waals surface area contributed by atoms with E-state index < -0.39 is 0 Å². The maximum absolute atomic E-state index is 5.68. The second-order valence-corrected chi connectivity index (χ2v) is 3.51. The van der Waals surface area contributed by atoms with Crippen molar-refractivity contribution in [1.82, 2.24) is 0 Å². The fraction of sp³-hybridized carbons (Fsp3) is 1.00. The molecule has 1 saturated carbocycles. The SMILES string of the molecule is CCCCCCC1CC1N. The molecule has 60 valence electrons. The van der Waals surface area contributed by atoms with Crippen molar-refractivity contribution in [3.05, 3.63) is 0 Å². The summed E-state index contributed by atoms with van der Waals surface area (Å²) in [4.78, 5) is 0. The van der Waals surface area contributed by atoms with Crippen LogP contribution >= 0.6 is 0 Å². The molecule has 10 heavy (non-hydrogen) atoms. The Hall–Kier alpha value is -0.0400. The van der Waals surface area contributed by atoms with Crippen molar-refractivity contribution in [1.29, 1.82) is 0 Å². The Morgan fingerprint density at radius 2 is 2.00 bits per heavy atom. The van der Waals surface area contributed by atoms with Gasteiger partial charge in [-0.05, 0) is 18.8 Å². The molecule has 0 heterocycles. The summed E-state index contributed by atoms with van der Waals surface area (Å²) in [6.45, 7) is 2.25. The summed E-state index contributed by atoms with van der Waals surface area (Å²) in [6.07, 6.45) is 8.26. The maximum Gasteiger partial charge on any atom is 0.00709 e. The molecule has 0 spiro atoms. The van der Waals surface area contributed by atoms with E-state index in [1.807, 2.05) is 0 Å². The van der Waals surface area contributed by atoms with Crippen LogP contribution in [0.1, 0.15) is 45.4 Å². The van der Waals surface area contributed by atoms with Gasteiger partial charge in [-0.25, -0.2) is 0 Å². The standard InChI is InChI=1S/C9H19N/c1-2-3-4-5-6-8-7-9(8)10/h8-9H,2-7,10H2,1H3. The third kappa shape index (κ3) is 2.70. The van der Waals surface area contributed by atoms with Crippen molar-refractivity contribution in [3.63, 3.8) is 0 Å². The highest BCUT2D eigenvalue weighted by molar-refractivity contribution is 4.89. The lowest BCUT2D eigenvalue weighted by Gasteiger charge is -1.96. The van der Waals surface area contributed by atoms with E-state index in [0.29, 0.717) is 6.04 Å². The zero-order valence-electron chi connectivity index (χ0n) is 6.97. The Kier molecular flexibility index (Phi) is 3.20. The molecule has 0 bridgehead atoms. The monoisotopic (exact) mass is 141 g/mol. The van der Waals surface area contributed by atoms with E-state index >= 15 is 0 Å². The van der Waals surface area contributed by atoms with Crippen molar-refractivity contribution < 1.29 is 0 Å². The first-order valence-electron chi connectivity index (χ1n) is 4.60. The molecule has 2 N–H and O–H groups in total. The maximum atomic E-state index is 5.68. The van der Waals surface area contributed by atoms with Crippen LogP contribution in [0.5, 0.6) is 0 Å². The molecular formula is C9H19N. The Bertz CT molecular complexity index is 90.7. The summed E-state index contributed by atoms with van der Waals surface area (Å²) >= 11 is 0. The normalized spacial score (nSPS) is 30.6. The summed E-state index contributed by atoms with van der Waals surface area (Å²) in [7, 11) is 0. The summed E-state index contributed by atoms with van der Waals surface area (Å²) in [5.74, 6) is 0.900. The van der Waals surface area contributed by atoms with E-state index in [-0.39, 0.29) is 0 Å². The predicted octanol–water partition coefficient (Wildman–Crippen LogP) is 2.30. The topological polar surface area (TPSA) is 26.0 Å². The van der Waals surface area contributed by atoms with E-state index in [1.54, 1.807) is 0 Å². The van der Waals surface area contributed by atoms with Crippen LogP contribution in [0.2, 0.25) is 0 Å². The Morgan fingerprint density at radius 1 is 1.30 bits per heavy atom. The van der Waals surface area contributed by atoms with Gasteiger partial charge in [-0.15, -0.1) is 0 Å². The molecule has 2 atom stereocenters. The molecule has 1 heteroatoms. The van der Waals surface area contributed by atoms with Crippen LogP contribution in [0.3, 0.4) is 0 Å². The largest absolute Gasteiger partial charge is 0.327 e. The zero-order valence-corrected chi connectivity index (χ0v) is 6.97. The van der Waals surface area contributed by atoms with Crippen molar-refractivity contribution in [2.45, 2.75) is 51.5 Å². The van der Waals surface area contributed by atoms with Gasteiger partial charge in [0, 0.05) is 6.04 Å². The molecule has 1 fully saturated rings. The van der Waals surface area contributed by atoms with Crippen molar-refractivity contribution >= 4 is 0 Å². The van der Waals surface area contributed by atoms with Crippen LogP contribution in [-0.4, -0.2) is 6.04 Å². The molecule has 1 aliphatic rings. The molecule has 0 saturated heterocycles. The Labute approximate surface area is 64.0 Å². The molecule has 1 nitrogen and oxygen atoms in total. The number of unbranched alkanes of at least 4 members (excludes halogenated alkanes) is 3. The third-order valence-electron chi connectivity index (χ3n) is 2.41. The minimum absolute atomic E-state index is 0.571. The highest BCUT2D eigenvalue weighted by Crippen LogP contribution is 2.32. The summed E-state index contributed by atoms with van der Waals surface area (Å²) < 4.78 is 0. The highest BCUT2D eigenvalue weighted by atomic mass is 14.7. The van der Waals surface area contributed by atoms with Crippen LogP contribution in [-0.2, 0) is 0 Å². The average Bonchev–Trinajstić information content (AvgIpc) is 2.60. The van der Waals surface area contributed by atoms with Gasteiger partial charge in [0.1, 0.15) is 0 Å². The smallest absolute Gasteiger partial charge is 0.00709 e. The molecule has 0 aromatic carbocycles. The van der Waals surface area contributed by atoms with Gasteiger partial charge in [-0.2, -0.15) is 0 Å². The van der Waals surface area contributed by atoms with Crippen molar-refractivity contribution in [2.75, 3.05) is 0 Å². The van der Waals surface area contributed by atoms with E-state index in [2.05, 4.69) is 6.92 Å². The molecule has 1 rings (SSSR count). The van der Waals surface area contributed by atoms with Gasteiger partial charge in [0.15, 0.2) is 0 Å². The number of hydrogen-bond donors (Lipinski definition) is 1. The summed E-state index contributed by atoms with van der Waals surface area (Å²) in [5, 5.41) is 0. The van der Waals surface area contributed by atoms with Gasteiger partial charge < -0.3 is 5.73 Å². The van der Waals surface area contributed by atoms with Gasteiger partial charge >= 0.3 is 0 Å². The lowest BCUT2D eigenvalue weighted by molar-refractivity contribution is 0.588. The Balaban J connectivity index is 1.78. The number of nitrogens with two attached hydrogens (primary N) is 1. The summed E-state index contributed by atoms with van der Waals surface area (Å²) in [6, 6.07) is 0.571. The molecule has 2 unspecified atom stereocenters. The van der Waals surface area contributed by atoms with Gasteiger partial charge in [-0.3, -0.25) is 0 Å². The fourth-order valence-corrected chi connectivity index (χ4v) is 1.44. The van der Waals surface area contributed by atoms with Crippen LogP contribution in [0.15, 0.2) is 0 Å². The quantitative estimate of drug-likeness (QED) is 0.584. The van der Waals surface area contributed by atoms with Crippen molar-refractivity contribution in [2.24, 2.45) is 11.7 Å². The Morgan fingerprint density at radius 3 is 2.50 bits per heavy atom. The number of hydrogen-bond acceptors (Lipinski definition) is 1. The molecule has 0 radical (unpaired) electrons. The first-order valence-corrected chi connectivity index (χ1v) is 4.60. The lowest BCUT2D eigenvalue weighted by Crippen LogP contribution is -2.01. The molecule has 0 amide bonds. The van der Waals surface area contributed by atoms with Gasteiger partial charge in [-0.1, -0.05) is 32.6 Å². The van der Waals surface area contributed by atoms with E-state index in [9.17, 15) is 0 Å². The van der Waals surface area contributed by atoms with E-state index in [4.69, 9.17) is 5.73 Å². The highest BCUT2D eigenvalue weighted by Gasteiger charge is 2.31. The lowest BCUT2D eigenvalue weighted by atomic mass is 10.1. The average molecular weight is 141 g/mol. The van der Waals surface area contributed by atoms with Crippen LogP contribution in [0, 0.1) is 5.92 Å². The molecular weight excluding hydrogens is 122 g/mol. The second-order valence-electron chi connectivity index (χ2n) is 3.51. The molecule has 0 aliphatic heterocycles. The van der Waals surface area contributed by atoms with Crippen LogP contribution < -0.4 is 5.73 Å². The third-order valence-corrected chi connectivity index (χ3v) is 2.41. The molecule has 0 aromatic heterocycles. The first kappa shape index (κ1) is 8.06. The predicted molar refractivity (Wildman–Crippen MR) is 44.8 cm³/mol. The van der Waals surface area contributed by atoms with E-state index in [1.165, 1.54) is 38.5 Å². The number of rotatable bonds is 5. The fourth-order valence-electron chi connectivity index (χ4n) is 1.44. The van der Waals surface area contributed by atoms with Crippen LogP contribution in [0.4, 0.5) is 0 Å². The first-order chi connectivity index (χ1) is 4.84.